The molecule has 0 amide bonds. The summed E-state index contributed by atoms with van der Waals surface area (Å²) in [5.74, 6) is 1.30. The molecule has 0 N–H and O–H groups in total. The van der Waals surface area contributed by atoms with Gasteiger partial charge < -0.3 is 9.47 Å². The second kappa shape index (κ2) is 9.79. The molecule has 0 aliphatic heterocycles. The number of ketones is 1. The highest BCUT2D eigenvalue weighted by Crippen LogP contribution is 2.35. The molecule has 0 bridgehead atoms. The summed E-state index contributed by atoms with van der Waals surface area (Å²) in [6.07, 6.45) is 3.38. The highest BCUT2D eigenvalue weighted by Gasteiger charge is 2.12. The van der Waals surface area contributed by atoms with Crippen LogP contribution in [0.3, 0.4) is 0 Å². The number of carbonyl (C=O) groups is 1. The lowest BCUT2D eigenvalue weighted by Crippen LogP contribution is -2.01. The fourth-order valence-corrected chi connectivity index (χ4v) is 4.20. The number of rotatable bonds is 7. The Labute approximate surface area is 195 Å². The van der Waals surface area contributed by atoms with Crippen LogP contribution in [0, 0.1) is 3.57 Å². The van der Waals surface area contributed by atoms with Gasteiger partial charge in [0.1, 0.15) is 6.61 Å². The average molecular weight is 520 g/mol. The van der Waals surface area contributed by atoms with Crippen LogP contribution in [0.2, 0.25) is 0 Å². The van der Waals surface area contributed by atoms with Crippen molar-refractivity contribution in [1.82, 2.24) is 0 Å². The van der Waals surface area contributed by atoms with Gasteiger partial charge in [-0.25, -0.2) is 0 Å². The monoisotopic (exact) mass is 520 g/mol. The van der Waals surface area contributed by atoms with Gasteiger partial charge in [0.05, 0.1) is 10.7 Å². The number of ether oxygens (including phenoxy) is 2. The first-order valence-corrected chi connectivity index (χ1v) is 11.0. The maximum Gasteiger partial charge on any atom is 0.185 e. The van der Waals surface area contributed by atoms with Crippen molar-refractivity contribution in [1.29, 1.82) is 0 Å². The van der Waals surface area contributed by atoms with E-state index in [-0.39, 0.29) is 5.78 Å². The minimum absolute atomic E-state index is 0.0362. The van der Waals surface area contributed by atoms with E-state index < -0.39 is 0 Å². The Morgan fingerprint density at radius 3 is 2.48 bits per heavy atom. The molecule has 0 saturated carbocycles. The van der Waals surface area contributed by atoms with Crippen LogP contribution in [-0.4, -0.2) is 12.9 Å². The van der Waals surface area contributed by atoms with Gasteiger partial charge in [-0.05, 0) is 62.7 Å². The molecule has 4 aromatic carbocycles. The van der Waals surface area contributed by atoms with Crippen molar-refractivity contribution in [3.8, 4) is 11.5 Å². The molecule has 0 heterocycles. The highest BCUT2D eigenvalue weighted by molar-refractivity contribution is 14.1. The fraction of sp³-hybridized carbons (Fsp3) is 0.0741. The standard InChI is InChI=1S/C27H21IO3/c1-30-26-17-19(14-15-25(29)21-9-3-2-4-10-21)16-24(28)27(26)31-18-22-12-7-11-20-8-5-6-13-23(20)22/h2-17H,18H2,1H3/b15-14+. The van der Waals surface area contributed by atoms with Crippen molar-refractivity contribution < 1.29 is 14.3 Å². The Kier molecular flexibility index (Phi) is 6.67. The molecule has 0 aliphatic carbocycles. The third-order valence-corrected chi connectivity index (χ3v) is 5.79. The van der Waals surface area contributed by atoms with Crippen LogP contribution < -0.4 is 9.47 Å². The number of hydrogen-bond acceptors (Lipinski definition) is 3. The summed E-state index contributed by atoms with van der Waals surface area (Å²) < 4.78 is 12.7. The molecule has 0 unspecified atom stereocenters. The normalized spacial score (nSPS) is 11.0. The molecular weight excluding hydrogens is 499 g/mol. The largest absolute Gasteiger partial charge is 0.493 e. The number of halogens is 1. The maximum absolute atomic E-state index is 12.3. The van der Waals surface area contributed by atoms with Gasteiger partial charge in [0.2, 0.25) is 0 Å². The van der Waals surface area contributed by atoms with E-state index in [1.165, 1.54) is 10.8 Å². The summed E-state index contributed by atoms with van der Waals surface area (Å²) in [6, 6.07) is 27.6. The summed E-state index contributed by atoms with van der Waals surface area (Å²) in [7, 11) is 1.62. The number of fused-ring (bicyclic) bond motifs is 1. The predicted octanol–water partition coefficient (Wildman–Crippen LogP) is 6.93. The van der Waals surface area contributed by atoms with E-state index in [9.17, 15) is 4.79 Å². The summed E-state index contributed by atoms with van der Waals surface area (Å²) in [6.45, 7) is 0.440. The molecule has 0 aliphatic rings. The van der Waals surface area contributed by atoms with Crippen LogP contribution in [0.1, 0.15) is 21.5 Å². The van der Waals surface area contributed by atoms with Crippen molar-refractivity contribution in [3.63, 3.8) is 0 Å². The third kappa shape index (κ3) is 4.97. The first-order chi connectivity index (χ1) is 15.2. The van der Waals surface area contributed by atoms with Crippen molar-refractivity contribution in [2.75, 3.05) is 7.11 Å². The third-order valence-electron chi connectivity index (χ3n) is 4.99. The maximum atomic E-state index is 12.3. The van der Waals surface area contributed by atoms with E-state index in [0.717, 1.165) is 14.7 Å². The van der Waals surface area contributed by atoms with Crippen molar-refractivity contribution in [2.45, 2.75) is 6.61 Å². The molecule has 0 spiro atoms. The summed E-state index contributed by atoms with van der Waals surface area (Å²) in [5.41, 5.74) is 2.66. The van der Waals surface area contributed by atoms with Crippen LogP contribution in [0.25, 0.3) is 16.8 Å². The number of carbonyl (C=O) groups excluding carboxylic acids is 1. The van der Waals surface area contributed by atoms with Crippen LogP contribution >= 0.6 is 22.6 Å². The molecule has 0 atom stereocenters. The Hall–Kier alpha value is -3.12. The fourth-order valence-electron chi connectivity index (χ4n) is 3.41. The minimum atomic E-state index is -0.0362. The second-order valence-electron chi connectivity index (χ2n) is 7.02. The zero-order valence-electron chi connectivity index (χ0n) is 17.0. The van der Waals surface area contributed by atoms with Gasteiger partial charge in [0.25, 0.3) is 0 Å². The molecule has 31 heavy (non-hydrogen) atoms. The predicted molar refractivity (Wildman–Crippen MR) is 134 cm³/mol. The molecule has 0 fully saturated rings. The summed E-state index contributed by atoms with van der Waals surface area (Å²) >= 11 is 2.24. The minimum Gasteiger partial charge on any atom is -0.493 e. The Bertz CT molecular complexity index is 1240. The van der Waals surface area contributed by atoms with Gasteiger partial charge in [0, 0.05) is 5.56 Å². The van der Waals surface area contributed by atoms with E-state index in [2.05, 4.69) is 46.9 Å². The van der Waals surface area contributed by atoms with Gasteiger partial charge in [0.15, 0.2) is 17.3 Å². The first kappa shape index (κ1) is 21.1. The lowest BCUT2D eigenvalue weighted by molar-refractivity contribution is 0.104. The molecule has 154 valence electrons. The van der Waals surface area contributed by atoms with Crippen molar-refractivity contribution >= 4 is 45.2 Å². The summed E-state index contributed by atoms with van der Waals surface area (Å²) in [5, 5.41) is 2.37. The molecule has 3 nitrogen and oxygen atoms in total. The zero-order chi connectivity index (χ0) is 21.6. The van der Waals surface area contributed by atoms with E-state index in [0.29, 0.717) is 23.7 Å². The quantitative estimate of drug-likeness (QED) is 0.151. The summed E-state index contributed by atoms with van der Waals surface area (Å²) in [4.78, 5) is 12.3. The number of hydrogen-bond donors (Lipinski definition) is 0. The smallest absolute Gasteiger partial charge is 0.185 e. The molecule has 4 aromatic rings. The van der Waals surface area contributed by atoms with Crippen LogP contribution in [-0.2, 0) is 6.61 Å². The lowest BCUT2D eigenvalue weighted by Gasteiger charge is -2.14. The molecular formula is C27H21IO3. The SMILES string of the molecule is COc1cc(/C=C/C(=O)c2ccccc2)cc(I)c1OCc1cccc2ccccc12. The van der Waals surface area contributed by atoms with Crippen LogP contribution in [0.4, 0.5) is 0 Å². The molecule has 4 heteroatoms. The first-order valence-electron chi connectivity index (χ1n) is 9.90. The molecule has 0 aromatic heterocycles. The van der Waals surface area contributed by atoms with Gasteiger partial charge in [-0.15, -0.1) is 0 Å². The van der Waals surface area contributed by atoms with E-state index in [1.807, 2.05) is 48.5 Å². The van der Waals surface area contributed by atoms with E-state index >= 15 is 0 Å². The number of benzene rings is 4. The van der Waals surface area contributed by atoms with Crippen molar-refractivity contribution in [2.24, 2.45) is 0 Å². The zero-order valence-corrected chi connectivity index (χ0v) is 19.2. The lowest BCUT2D eigenvalue weighted by atomic mass is 10.1. The number of allylic oxidation sites excluding steroid dienone is 1. The molecule has 0 saturated heterocycles. The van der Waals surface area contributed by atoms with Gasteiger partial charge in [-0.1, -0.05) is 78.9 Å². The van der Waals surface area contributed by atoms with E-state index in [4.69, 9.17) is 9.47 Å². The highest BCUT2D eigenvalue weighted by atomic mass is 127. The number of methoxy groups -OCH3 is 1. The molecule has 4 rings (SSSR count). The average Bonchev–Trinajstić information content (AvgIpc) is 2.82. The van der Waals surface area contributed by atoms with Gasteiger partial charge in [-0.3, -0.25) is 4.79 Å². The van der Waals surface area contributed by atoms with Crippen LogP contribution in [0.15, 0.2) is 91.0 Å². The Morgan fingerprint density at radius 1 is 0.935 bits per heavy atom. The molecule has 0 radical (unpaired) electrons. The topological polar surface area (TPSA) is 35.5 Å². The second-order valence-corrected chi connectivity index (χ2v) is 8.19. The Balaban J connectivity index is 1.55. The van der Waals surface area contributed by atoms with Gasteiger partial charge in [-0.2, -0.15) is 0 Å². The van der Waals surface area contributed by atoms with E-state index in [1.54, 1.807) is 31.4 Å². The van der Waals surface area contributed by atoms with Gasteiger partial charge >= 0.3 is 0 Å². The van der Waals surface area contributed by atoms with Crippen molar-refractivity contribution in [3.05, 3.63) is 111 Å². The van der Waals surface area contributed by atoms with Crippen LogP contribution in [0.5, 0.6) is 11.5 Å². The Morgan fingerprint density at radius 2 is 1.68 bits per heavy atom.